The van der Waals surface area contributed by atoms with Crippen LogP contribution in [0.1, 0.15) is 31.6 Å². The maximum atomic E-state index is 5.98. The van der Waals surface area contributed by atoms with E-state index in [0.29, 0.717) is 6.04 Å². The Labute approximate surface area is 119 Å². The van der Waals surface area contributed by atoms with E-state index in [1.165, 1.54) is 30.8 Å². The van der Waals surface area contributed by atoms with Crippen LogP contribution in [-0.4, -0.2) is 30.6 Å². The van der Waals surface area contributed by atoms with E-state index >= 15 is 0 Å². The molecule has 1 aliphatic rings. The molecule has 1 aliphatic heterocycles. The highest BCUT2D eigenvalue weighted by Gasteiger charge is 2.25. The molecule has 4 heteroatoms. The van der Waals surface area contributed by atoms with Crippen molar-refractivity contribution in [3.8, 4) is 0 Å². The molecule has 0 saturated carbocycles. The highest BCUT2D eigenvalue weighted by molar-refractivity contribution is 7.16. The van der Waals surface area contributed by atoms with Gasteiger partial charge in [-0.25, -0.2) is 0 Å². The molecule has 0 aromatic carbocycles. The molecular weight excluding hydrogens is 264 g/mol. The Morgan fingerprint density at radius 2 is 2.33 bits per heavy atom. The molecule has 18 heavy (non-hydrogen) atoms. The van der Waals surface area contributed by atoms with E-state index in [2.05, 4.69) is 30.1 Å². The molecule has 102 valence electrons. The minimum Gasteiger partial charge on any atom is -0.314 e. The summed E-state index contributed by atoms with van der Waals surface area (Å²) in [4.78, 5) is 3.93. The van der Waals surface area contributed by atoms with Gasteiger partial charge in [-0.3, -0.25) is 4.90 Å². The molecule has 0 bridgehead atoms. The summed E-state index contributed by atoms with van der Waals surface area (Å²) in [5.74, 6) is 0.737. The fourth-order valence-electron chi connectivity index (χ4n) is 2.67. The summed E-state index contributed by atoms with van der Waals surface area (Å²) in [7, 11) is 0. The molecule has 2 rings (SSSR count). The van der Waals surface area contributed by atoms with Crippen LogP contribution in [0.15, 0.2) is 12.1 Å². The zero-order valence-corrected chi connectivity index (χ0v) is 12.9. The number of thiophene rings is 1. The highest BCUT2D eigenvalue weighted by Crippen LogP contribution is 2.25. The second-order valence-electron chi connectivity index (χ2n) is 5.27. The number of hydrogen-bond acceptors (Lipinski definition) is 3. The van der Waals surface area contributed by atoms with E-state index in [0.717, 1.165) is 23.3 Å². The first-order valence-corrected chi connectivity index (χ1v) is 8.08. The molecule has 1 saturated heterocycles. The molecule has 1 aromatic heterocycles. The summed E-state index contributed by atoms with van der Waals surface area (Å²) in [6.07, 6.45) is 2.49. The molecule has 0 radical (unpaired) electrons. The van der Waals surface area contributed by atoms with Gasteiger partial charge >= 0.3 is 0 Å². The summed E-state index contributed by atoms with van der Waals surface area (Å²) >= 11 is 7.68. The zero-order valence-electron chi connectivity index (χ0n) is 11.3. The van der Waals surface area contributed by atoms with Crippen LogP contribution >= 0.6 is 22.9 Å². The lowest BCUT2D eigenvalue weighted by Crippen LogP contribution is -2.48. The lowest BCUT2D eigenvalue weighted by Gasteiger charge is -2.37. The van der Waals surface area contributed by atoms with Gasteiger partial charge in [0.2, 0.25) is 0 Å². The van der Waals surface area contributed by atoms with Gasteiger partial charge in [-0.05, 0) is 37.4 Å². The van der Waals surface area contributed by atoms with Crippen molar-refractivity contribution in [3.05, 3.63) is 21.3 Å². The Bertz CT molecular complexity index is 366. The van der Waals surface area contributed by atoms with Gasteiger partial charge in [0.1, 0.15) is 0 Å². The molecule has 1 aromatic rings. The third-order valence-electron chi connectivity index (χ3n) is 3.65. The predicted octanol–water partition coefficient (Wildman–Crippen LogP) is 3.61. The second kappa shape index (κ2) is 6.90. The van der Waals surface area contributed by atoms with Crippen molar-refractivity contribution < 1.29 is 0 Å². The summed E-state index contributed by atoms with van der Waals surface area (Å²) in [6, 6.07) is 4.85. The van der Waals surface area contributed by atoms with Gasteiger partial charge in [0, 0.05) is 30.6 Å². The highest BCUT2D eigenvalue weighted by atomic mass is 35.5. The average Bonchev–Trinajstić information content (AvgIpc) is 2.74. The molecule has 2 nitrogen and oxygen atoms in total. The van der Waals surface area contributed by atoms with Gasteiger partial charge in [-0.1, -0.05) is 25.4 Å². The number of likely N-dealkylation sites (tertiary alicyclic amines) is 1. The molecular formula is C14H23ClN2S. The van der Waals surface area contributed by atoms with Crippen LogP contribution < -0.4 is 5.32 Å². The van der Waals surface area contributed by atoms with Gasteiger partial charge in [-0.2, -0.15) is 0 Å². The molecule has 1 N–H and O–H groups in total. The number of hydrogen-bond donors (Lipinski definition) is 1. The SMILES string of the molecule is CCCNC1CCN(Cc2ccc(Cl)s2)CC1C. The largest absolute Gasteiger partial charge is 0.314 e. The summed E-state index contributed by atoms with van der Waals surface area (Å²) < 4.78 is 0.901. The fourth-order valence-corrected chi connectivity index (χ4v) is 3.80. The lowest BCUT2D eigenvalue weighted by atomic mass is 9.93. The van der Waals surface area contributed by atoms with Gasteiger partial charge in [-0.15, -0.1) is 11.3 Å². The maximum Gasteiger partial charge on any atom is 0.0931 e. The van der Waals surface area contributed by atoms with Crippen molar-refractivity contribution in [1.29, 1.82) is 0 Å². The molecule has 2 atom stereocenters. The lowest BCUT2D eigenvalue weighted by molar-refractivity contribution is 0.142. The molecule has 1 fully saturated rings. The molecule has 2 unspecified atom stereocenters. The Morgan fingerprint density at radius 1 is 1.50 bits per heavy atom. The standard InChI is InChI=1S/C14H23ClN2S/c1-3-7-16-13-6-8-17(9-11(13)2)10-12-4-5-14(15)18-12/h4-5,11,13,16H,3,6-10H2,1-2H3. The van der Waals surface area contributed by atoms with Crippen molar-refractivity contribution in [2.45, 2.75) is 39.3 Å². The quantitative estimate of drug-likeness (QED) is 0.889. The summed E-state index contributed by atoms with van der Waals surface area (Å²) in [5, 5.41) is 3.66. The number of rotatable bonds is 5. The van der Waals surface area contributed by atoms with Crippen molar-refractivity contribution in [2.75, 3.05) is 19.6 Å². The van der Waals surface area contributed by atoms with E-state index in [9.17, 15) is 0 Å². The number of halogens is 1. The van der Waals surface area contributed by atoms with Crippen LogP contribution in [0.25, 0.3) is 0 Å². The monoisotopic (exact) mass is 286 g/mol. The van der Waals surface area contributed by atoms with E-state index in [4.69, 9.17) is 11.6 Å². The van der Waals surface area contributed by atoms with Crippen LogP contribution in [0, 0.1) is 5.92 Å². The van der Waals surface area contributed by atoms with E-state index < -0.39 is 0 Å². The smallest absolute Gasteiger partial charge is 0.0931 e. The first-order valence-electron chi connectivity index (χ1n) is 6.89. The number of piperidine rings is 1. The van der Waals surface area contributed by atoms with Crippen LogP contribution in [0.2, 0.25) is 4.34 Å². The van der Waals surface area contributed by atoms with Crippen LogP contribution in [0.4, 0.5) is 0 Å². The van der Waals surface area contributed by atoms with Crippen molar-refractivity contribution >= 4 is 22.9 Å². The van der Waals surface area contributed by atoms with E-state index in [1.54, 1.807) is 11.3 Å². The molecule has 2 heterocycles. The molecule has 0 spiro atoms. The fraction of sp³-hybridized carbons (Fsp3) is 0.714. The normalized spacial score (nSPS) is 25.5. The predicted molar refractivity (Wildman–Crippen MR) is 80.5 cm³/mol. The Hall–Kier alpha value is -0.0900. The summed E-state index contributed by atoms with van der Waals surface area (Å²) in [5.41, 5.74) is 0. The van der Waals surface area contributed by atoms with Crippen LogP contribution in [0.3, 0.4) is 0 Å². The summed E-state index contributed by atoms with van der Waals surface area (Å²) in [6.45, 7) is 9.18. The van der Waals surface area contributed by atoms with Crippen molar-refractivity contribution in [2.24, 2.45) is 5.92 Å². The minimum atomic E-state index is 0.702. The number of nitrogens with zero attached hydrogens (tertiary/aromatic N) is 1. The third kappa shape index (κ3) is 3.95. The number of nitrogens with one attached hydrogen (secondary N) is 1. The zero-order chi connectivity index (χ0) is 13.0. The maximum absolute atomic E-state index is 5.98. The first kappa shape index (κ1) is 14.3. The van der Waals surface area contributed by atoms with Crippen LogP contribution in [0.5, 0.6) is 0 Å². The second-order valence-corrected chi connectivity index (χ2v) is 7.07. The Kier molecular flexibility index (Phi) is 5.49. The van der Waals surface area contributed by atoms with Crippen molar-refractivity contribution in [3.63, 3.8) is 0 Å². The molecule has 0 amide bonds. The van der Waals surface area contributed by atoms with Gasteiger partial charge in [0.05, 0.1) is 4.34 Å². The van der Waals surface area contributed by atoms with Crippen molar-refractivity contribution in [1.82, 2.24) is 10.2 Å². The topological polar surface area (TPSA) is 15.3 Å². The minimum absolute atomic E-state index is 0.702. The van der Waals surface area contributed by atoms with Gasteiger partial charge in [0.25, 0.3) is 0 Å². The van der Waals surface area contributed by atoms with Crippen LogP contribution in [-0.2, 0) is 6.54 Å². The van der Waals surface area contributed by atoms with E-state index in [1.807, 2.05) is 6.07 Å². The average molecular weight is 287 g/mol. The van der Waals surface area contributed by atoms with E-state index in [-0.39, 0.29) is 0 Å². The Balaban J connectivity index is 1.80. The molecule has 0 aliphatic carbocycles. The van der Waals surface area contributed by atoms with Gasteiger partial charge < -0.3 is 5.32 Å². The third-order valence-corrected chi connectivity index (χ3v) is 4.87. The Morgan fingerprint density at radius 3 is 2.94 bits per heavy atom. The first-order chi connectivity index (χ1) is 8.69. The van der Waals surface area contributed by atoms with Gasteiger partial charge in [0.15, 0.2) is 0 Å².